The Morgan fingerprint density at radius 1 is 0.143 bits per heavy atom. The molecule has 0 heteroatoms. The summed E-state index contributed by atoms with van der Waals surface area (Å²) in [5.41, 5.74) is 5.87. The van der Waals surface area contributed by atoms with Crippen LogP contribution in [0.15, 0.2) is 109 Å². The molecule has 0 amide bonds. The zero-order chi connectivity index (χ0) is 61.1. The summed E-state index contributed by atoms with van der Waals surface area (Å²) in [6.07, 6.45) is 0. The molecular formula is C84H72. The van der Waals surface area contributed by atoms with Gasteiger partial charge < -0.3 is 0 Å². The van der Waals surface area contributed by atoms with E-state index >= 15 is 0 Å². The Balaban J connectivity index is 1.44. The van der Waals surface area contributed by atoms with Crippen LogP contribution in [0.4, 0.5) is 0 Å². The van der Waals surface area contributed by atoms with Gasteiger partial charge >= 0.3 is 0 Å². The van der Waals surface area contributed by atoms with Crippen molar-refractivity contribution >= 4 is 64.6 Å². The highest BCUT2D eigenvalue weighted by molar-refractivity contribution is 5.71. The van der Waals surface area contributed by atoms with Gasteiger partial charge in [0.2, 0.25) is 0 Å². The maximum Gasteiger partial charge on any atom is 0.0270 e. The van der Waals surface area contributed by atoms with Crippen molar-refractivity contribution in [3.05, 3.63) is 288 Å². The average molecular weight is 1080 g/mol. The van der Waals surface area contributed by atoms with E-state index in [1.54, 1.807) is 0 Å². The van der Waals surface area contributed by atoms with Gasteiger partial charge in [-0.05, 0) is 248 Å². The van der Waals surface area contributed by atoms with Crippen molar-refractivity contribution in [1.29, 1.82) is 0 Å². The van der Waals surface area contributed by atoms with Crippen molar-refractivity contribution in [2.75, 3.05) is 0 Å². The maximum atomic E-state index is 3.30. The molecule has 0 saturated carbocycles. The summed E-state index contributed by atoms with van der Waals surface area (Å²) in [6.45, 7) is 39.3. The topological polar surface area (TPSA) is 0 Å². The molecule has 12 bridgehead atoms. The van der Waals surface area contributed by atoms with E-state index in [0.29, 0.717) is 0 Å². The molecule has 0 radical (unpaired) electrons. The Kier molecular flexibility index (Phi) is 18.7. The molecule has 0 aliphatic heterocycles. The molecule has 0 unspecified atom stereocenters. The summed E-state index contributed by atoms with van der Waals surface area (Å²) in [6, 6.07) is 114. The van der Waals surface area contributed by atoms with Gasteiger partial charge in [0.1, 0.15) is 0 Å². The molecule has 0 atom stereocenters. The predicted octanol–water partition coefficient (Wildman–Crippen LogP) is 20.0. The minimum Gasteiger partial charge on any atom is -0.0561 e. The van der Waals surface area contributed by atoms with Crippen molar-refractivity contribution in [2.24, 2.45) is 0 Å². The Labute approximate surface area is 507 Å². The summed E-state index contributed by atoms with van der Waals surface area (Å²) < 4.78 is 0. The first-order chi connectivity index (χ1) is 39.3. The second-order valence-corrected chi connectivity index (χ2v) is 27.3. The van der Waals surface area contributed by atoms with E-state index in [4.69, 9.17) is 0 Å². The molecule has 0 aromatic heterocycles. The average Bonchev–Trinajstić information content (AvgIpc) is 3.50. The summed E-state index contributed by atoms with van der Waals surface area (Å²) >= 11 is 0. The molecule has 7 aromatic rings. The van der Waals surface area contributed by atoms with Crippen LogP contribution in [0.2, 0.25) is 0 Å². The van der Waals surface area contributed by atoms with E-state index in [2.05, 4.69) is 343 Å². The molecule has 0 N–H and O–H groups in total. The summed E-state index contributed by atoms with van der Waals surface area (Å²) in [7, 11) is 0. The van der Waals surface area contributed by atoms with Crippen LogP contribution in [0.25, 0.3) is 64.6 Å². The Morgan fingerprint density at radius 2 is 0.226 bits per heavy atom. The lowest BCUT2D eigenvalue weighted by atomic mass is 9.86. The molecule has 0 nitrogen and oxygen atoms in total. The molecule has 408 valence electrons. The van der Waals surface area contributed by atoms with E-state index in [1.165, 1.54) is 0 Å². The third-order valence-corrected chi connectivity index (χ3v) is 13.7. The number of rotatable bonds is 0. The fourth-order valence-corrected chi connectivity index (χ4v) is 8.47. The van der Waals surface area contributed by atoms with Crippen LogP contribution in [-0.2, 0) is 32.5 Å². The van der Waals surface area contributed by atoms with E-state index in [0.717, 1.165) is 98.0 Å². The van der Waals surface area contributed by atoms with Gasteiger partial charge in [-0.3, -0.25) is 0 Å². The van der Waals surface area contributed by atoms with Gasteiger partial charge in [0.25, 0.3) is 0 Å². The molecule has 7 rings (SSSR count). The molecule has 0 heterocycles. The molecule has 7 aromatic carbocycles. The molecule has 0 aliphatic carbocycles. The first-order valence-corrected chi connectivity index (χ1v) is 28.4. The molecule has 84 heavy (non-hydrogen) atoms. The van der Waals surface area contributed by atoms with E-state index in [1.807, 2.05) is 36.4 Å². The molecular weight excluding hydrogens is 1010 g/mol. The lowest BCUT2D eigenvalue weighted by Gasteiger charge is -2.18. The lowest BCUT2D eigenvalue weighted by Crippen LogP contribution is -2.10. The van der Waals surface area contributed by atoms with Crippen molar-refractivity contribution in [1.82, 2.24) is 0 Å². The molecule has 0 saturated heterocycles. The zero-order valence-electron chi connectivity index (χ0n) is 52.4. The number of benzene rings is 6. The van der Waals surface area contributed by atoms with Crippen molar-refractivity contribution in [3.63, 3.8) is 0 Å². The molecule has 0 aliphatic rings. The van der Waals surface area contributed by atoms with Gasteiger partial charge in [-0.2, -0.15) is 0 Å². The van der Waals surface area contributed by atoms with Crippen LogP contribution in [0, 0.1) is 146 Å². The van der Waals surface area contributed by atoms with E-state index in [9.17, 15) is 0 Å². The SMILES string of the molecule is CC(C)(C)c1cc2c#cc#cc3cc(C(C)(C)C)cc(c#cc#cc4cc(C(C)(C)C)cc(c#cc#cc5cc(C(C)(C)C)cc(c#cc#cc6cc(C(C)(C)C)cc(c#cc#cc7cc(C(C)(C)C)cc(c#cc#cc(c1)c2)c7)c6)c5)c4)c3. The van der Waals surface area contributed by atoms with Gasteiger partial charge in [-0.1, -0.05) is 197 Å². The number of hydrogen-bond acceptors (Lipinski definition) is 0. The van der Waals surface area contributed by atoms with Gasteiger partial charge in [0.05, 0.1) is 0 Å². The zero-order valence-corrected chi connectivity index (χ0v) is 52.4. The van der Waals surface area contributed by atoms with Crippen molar-refractivity contribution < 1.29 is 0 Å². The van der Waals surface area contributed by atoms with Crippen LogP contribution < -0.4 is 0 Å². The van der Waals surface area contributed by atoms with E-state index in [-0.39, 0.29) is 32.5 Å². The largest absolute Gasteiger partial charge is 0.0561 e. The Bertz CT molecular complexity index is 3170. The minimum atomic E-state index is -0.139. The minimum absolute atomic E-state index is 0.139. The summed E-state index contributed by atoms with van der Waals surface area (Å²) in [5.74, 6) is 0. The van der Waals surface area contributed by atoms with Crippen LogP contribution in [0.5, 0.6) is 0 Å². The van der Waals surface area contributed by atoms with Crippen LogP contribution in [-0.4, -0.2) is 0 Å². The second kappa shape index (κ2) is 25.5. The third kappa shape index (κ3) is 18.5. The van der Waals surface area contributed by atoms with Gasteiger partial charge in [-0.25, -0.2) is 0 Å². The van der Waals surface area contributed by atoms with Gasteiger partial charge in [-0.15, -0.1) is 0 Å². The highest BCUT2D eigenvalue weighted by Gasteiger charge is 2.18. The second-order valence-electron chi connectivity index (χ2n) is 27.3. The predicted molar refractivity (Wildman–Crippen MR) is 348 cm³/mol. The molecule has 0 fully saturated rings. The highest BCUT2D eigenvalue weighted by atomic mass is 14.2. The summed E-state index contributed by atoms with van der Waals surface area (Å²) in [5, 5.41) is 9.94. The summed E-state index contributed by atoms with van der Waals surface area (Å²) in [4.78, 5) is 0. The van der Waals surface area contributed by atoms with Crippen molar-refractivity contribution in [3.8, 4) is 0 Å². The first-order valence-electron chi connectivity index (χ1n) is 28.4. The van der Waals surface area contributed by atoms with E-state index < -0.39 is 0 Å². The standard InChI is InChI=1S/C84H72/c1-79(2,3)73-49-61-31-19-21-33-63-44-65(53-74(51-63)80(4,5)6)35-23-25-37-67-46-69(57-76(55-67)82(10,11)12)39-27-29-41-71-48-72(60-78(59-71)84(16,17)18)42-30-28-40-70-47-68(56-77(58-70)83(13,14)15)38-26-24-36-66-45-64(52-75(54-66)81(7,8)9)34-22-20-32-62(43-61)50-73/h43-60H,1-18H3. The smallest absolute Gasteiger partial charge is 0.0270 e. The third-order valence-electron chi connectivity index (χ3n) is 13.7. The quantitative estimate of drug-likeness (QED) is 0.142. The lowest BCUT2D eigenvalue weighted by molar-refractivity contribution is 0.591. The monoisotopic (exact) mass is 1080 g/mol. The van der Waals surface area contributed by atoms with Crippen LogP contribution in [0.1, 0.15) is 158 Å². The fourth-order valence-electron chi connectivity index (χ4n) is 8.47. The van der Waals surface area contributed by atoms with Crippen LogP contribution >= 0.6 is 0 Å². The highest BCUT2D eigenvalue weighted by Crippen LogP contribution is 2.29. The van der Waals surface area contributed by atoms with Gasteiger partial charge in [0.15, 0.2) is 0 Å². The number of hydrogen-bond donors (Lipinski definition) is 0. The van der Waals surface area contributed by atoms with Crippen LogP contribution in [0.3, 0.4) is 0 Å². The number of fused-ring (bicyclic) bond motifs is 12. The normalized spacial score (nSPS) is 10.8. The Hall–Kier alpha value is -9.96. The fraction of sp³-hybridized carbons (Fsp3) is 0.286. The van der Waals surface area contributed by atoms with Crippen molar-refractivity contribution in [2.45, 2.75) is 157 Å². The first kappa shape index (κ1) is 61.7. The maximum absolute atomic E-state index is 3.30. The Morgan fingerprint density at radius 3 is 0.298 bits per heavy atom. The molecule has 0 spiro atoms. The van der Waals surface area contributed by atoms with Gasteiger partial charge in [0, 0.05) is 64.6 Å².